The van der Waals surface area contributed by atoms with Crippen molar-refractivity contribution in [2.45, 2.75) is 32.1 Å². The number of H-pyrrole nitrogens is 1. The molecule has 4 nitrogen and oxygen atoms in total. The highest BCUT2D eigenvalue weighted by molar-refractivity contribution is 5.11. The number of likely N-dealkylation sites (tertiary alicyclic amines) is 1. The summed E-state index contributed by atoms with van der Waals surface area (Å²) in [4.78, 5) is 21.2. The minimum atomic E-state index is -0.0111. The first kappa shape index (κ1) is 11.3. The lowest BCUT2D eigenvalue weighted by Gasteiger charge is -2.10. The maximum atomic E-state index is 11.5. The van der Waals surface area contributed by atoms with E-state index in [4.69, 9.17) is 0 Å². The first-order chi connectivity index (χ1) is 7.69. The average Bonchev–Trinajstić information content (AvgIpc) is 2.64. The van der Waals surface area contributed by atoms with Gasteiger partial charge in [-0.2, -0.15) is 0 Å². The van der Waals surface area contributed by atoms with Gasteiger partial charge >= 0.3 is 0 Å². The number of hydrogen-bond donors (Lipinski definition) is 1. The van der Waals surface area contributed by atoms with Gasteiger partial charge in [0.25, 0.3) is 5.56 Å². The third-order valence-corrected chi connectivity index (χ3v) is 3.11. The number of aromatic amines is 1. The quantitative estimate of drug-likeness (QED) is 0.832. The molecule has 1 aromatic rings. The van der Waals surface area contributed by atoms with Gasteiger partial charge in [-0.15, -0.1) is 0 Å². The second kappa shape index (κ2) is 4.78. The minimum Gasteiger partial charge on any atom is -0.311 e. The van der Waals surface area contributed by atoms with Crippen molar-refractivity contribution in [3.05, 3.63) is 27.9 Å². The van der Waals surface area contributed by atoms with E-state index in [9.17, 15) is 4.79 Å². The highest BCUT2D eigenvalue weighted by atomic mass is 16.1. The molecule has 2 heterocycles. The summed E-state index contributed by atoms with van der Waals surface area (Å²) in [5.41, 5.74) is 0.958. The van der Waals surface area contributed by atoms with Crippen LogP contribution in [0.15, 0.2) is 10.9 Å². The summed E-state index contributed by atoms with van der Waals surface area (Å²) in [7, 11) is 2.11. The third kappa shape index (κ3) is 2.50. The van der Waals surface area contributed by atoms with E-state index in [1.54, 1.807) is 6.07 Å². The van der Waals surface area contributed by atoms with Gasteiger partial charge < -0.3 is 9.88 Å². The molecule has 0 bridgehead atoms. The normalized spacial score (nSPS) is 21.5. The molecule has 1 N–H and O–H groups in total. The number of rotatable bonds is 3. The number of aromatic nitrogens is 2. The maximum absolute atomic E-state index is 11.5. The van der Waals surface area contributed by atoms with Gasteiger partial charge in [-0.1, -0.05) is 6.92 Å². The molecule has 4 heteroatoms. The number of hydrogen-bond acceptors (Lipinski definition) is 3. The molecular formula is C12H19N3O. The first-order valence-electron chi connectivity index (χ1n) is 5.97. The van der Waals surface area contributed by atoms with Gasteiger partial charge in [0.05, 0.1) is 5.69 Å². The summed E-state index contributed by atoms with van der Waals surface area (Å²) in [6.45, 7) is 4.21. The van der Waals surface area contributed by atoms with Crippen LogP contribution in [0.5, 0.6) is 0 Å². The van der Waals surface area contributed by atoms with E-state index < -0.39 is 0 Å². The fraction of sp³-hybridized carbons (Fsp3) is 0.667. The van der Waals surface area contributed by atoms with Crippen molar-refractivity contribution >= 4 is 0 Å². The zero-order valence-corrected chi connectivity index (χ0v) is 9.99. The Labute approximate surface area is 95.7 Å². The Hall–Kier alpha value is -1.16. The fourth-order valence-electron chi connectivity index (χ4n) is 2.27. The van der Waals surface area contributed by atoms with Crippen LogP contribution >= 0.6 is 0 Å². The molecule has 0 radical (unpaired) electrons. The summed E-state index contributed by atoms with van der Waals surface area (Å²) in [5.74, 6) is 1.27. The van der Waals surface area contributed by atoms with Crippen LogP contribution in [-0.4, -0.2) is 35.0 Å². The van der Waals surface area contributed by atoms with Crippen LogP contribution in [0.3, 0.4) is 0 Å². The Morgan fingerprint density at radius 1 is 1.62 bits per heavy atom. The molecule has 1 aliphatic heterocycles. The Morgan fingerprint density at radius 2 is 2.44 bits per heavy atom. The van der Waals surface area contributed by atoms with E-state index in [2.05, 4.69) is 28.8 Å². The zero-order chi connectivity index (χ0) is 11.5. The van der Waals surface area contributed by atoms with Crippen LogP contribution in [0, 0.1) is 0 Å². The van der Waals surface area contributed by atoms with Gasteiger partial charge in [-0.05, 0) is 26.4 Å². The van der Waals surface area contributed by atoms with E-state index in [0.717, 1.165) is 43.9 Å². The van der Waals surface area contributed by atoms with E-state index in [1.165, 1.54) is 0 Å². The van der Waals surface area contributed by atoms with Crippen molar-refractivity contribution in [3.8, 4) is 0 Å². The van der Waals surface area contributed by atoms with E-state index in [1.807, 2.05) is 0 Å². The van der Waals surface area contributed by atoms with Gasteiger partial charge in [0.1, 0.15) is 5.82 Å². The fourth-order valence-corrected chi connectivity index (χ4v) is 2.27. The Morgan fingerprint density at radius 3 is 3.06 bits per heavy atom. The predicted octanol–water partition coefficient (Wildman–Crippen LogP) is 1.14. The van der Waals surface area contributed by atoms with Crippen molar-refractivity contribution in [1.29, 1.82) is 0 Å². The molecule has 0 amide bonds. The highest BCUT2D eigenvalue weighted by Gasteiger charge is 2.22. The SMILES string of the molecule is CCCc1nc(C2CCN(C)C2)cc(=O)[nH]1. The monoisotopic (exact) mass is 221 g/mol. The second-order valence-corrected chi connectivity index (χ2v) is 4.61. The summed E-state index contributed by atoms with van der Waals surface area (Å²) in [6, 6.07) is 1.66. The van der Waals surface area contributed by atoms with Crippen molar-refractivity contribution < 1.29 is 0 Å². The smallest absolute Gasteiger partial charge is 0.251 e. The Kier molecular flexibility index (Phi) is 3.39. The molecule has 16 heavy (non-hydrogen) atoms. The van der Waals surface area contributed by atoms with Crippen LogP contribution in [0.2, 0.25) is 0 Å². The topological polar surface area (TPSA) is 49.0 Å². The molecule has 1 saturated heterocycles. The van der Waals surface area contributed by atoms with Crippen LogP contribution in [0.4, 0.5) is 0 Å². The van der Waals surface area contributed by atoms with Crippen LogP contribution in [-0.2, 0) is 6.42 Å². The maximum Gasteiger partial charge on any atom is 0.251 e. The van der Waals surface area contributed by atoms with E-state index in [0.29, 0.717) is 5.92 Å². The molecule has 0 aliphatic carbocycles. The molecule has 1 unspecified atom stereocenters. The molecule has 1 fully saturated rings. The standard InChI is InChI=1S/C12H19N3O/c1-3-4-11-13-10(7-12(16)14-11)9-5-6-15(2)8-9/h7,9H,3-6,8H2,1-2H3,(H,13,14,16). The van der Waals surface area contributed by atoms with Crippen LogP contribution < -0.4 is 5.56 Å². The zero-order valence-electron chi connectivity index (χ0n) is 9.99. The lowest BCUT2D eigenvalue weighted by Crippen LogP contribution is -2.17. The molecule has 1 aliphatic rings. The van der Waals surface area contributed by atoms with Crippen molar-refractivity contribution in [1.82, 2.24) is 14.9 Å². The lowest BCUT2D eigenvalue weighted by molar-refractivity contribution is 0.410. The highest BCUT2D eigenvalue weighted by Crippen LogP contribution is 2.23. The van der Waals surface area contributed by atoms with E-state index >= 15 is 0 Å². The largest absolute Gasteiger partial charge is 0.311 e. The van der Waals surface area contributed by atoms with Crippen molar-refractivity contribution in [2.75, 3.05) is 20.1 Å². The van der Waals surface area contributed by atoms with Gasteiger partial charge in [0.15, 0.2) is 0 Å². The first-order valence-corrected chi connectivity index (χ1v) is 5.97. The second-order valence-electron chi connectivity index (χ2n) is 4.61. The van der Waals surface area contributed by atoms with Crippen molar-refractivity contribution in [3.63, 3.8) is 0 Å². The third-order valence-electron chi connectivity index (χ3n) is 3.11. The molecule has 1 atom stereocenters. The molecular weight excluding hydrogens is 202 g/mol. The molecule has 2 rings (SSSR count). The number of aryl methyl sites for hydroxylation is 1. The summed E-state index contributed by atoms with van der Waals surface area (Å²) in [6.07, 6.45) is 2.97. The van der Waals surface area contributed by atoms with Crippen LogP contribution in [0.25, 0.3) is 0 Å². The lowest BCUT2D eigenvalue weighted by atomic mass is 10.0. The van der Waals surface area contributed by atoms with Gasteiger partial charge in [0, 0.05) is 24.9 Å². The van der Waals surface area contributed by atoms with Crippen LogP contribution in [0.1, 0.15) is 37.2 Å². The van der Waals surface area contributed by atoms with Gasteiger partial charge in [-0.3, -0.25) is 4.79 Å². The Bertz CT molecular complexity index is 413. The number of nitrogens with one attached hydrogen (secondary N) is 1. The molecule has 0 saturated carbocycles. The number of likely N-dealkylation sites (N-methyl/N-ethyl adjacent to an activating group) is 1. The molecule has 88 valence electrons. The van der Waals surface area contributed by atoms with Crippen molar-refractivity contribution in [2.24, 2.45) is 0 Å². The average molecular weight is 221 g/mol. The van der Waals surface area contributed by atoms with Gasteiger partial charge in [-0.25, -0.2) is 4.98 Å². The predicted molar refractivity (Wildman–Crippen MR) is 63.7 cm³/mol. The molecule has 1 aromatic heterocycles. The van der Waals surface area contributed by atoms with Gasteiger partial charge in [0.2, 0.25) is 0 Å². The summed E-state index contributed by atoms with van der Waals surface area (Å²) in [5, 5.41) is 0. The number of nitrogens with zero attached hydrogens (tertiary/aromatic N) is 2. The van der Waals surface area contributed by atoms with E-state index in [-0.39, 0.29) is 5.56 Å². The summed E-state index contributed by atoms with van der Waals surface area (Å²) < 4.78 is 0. The molecule has 0 spiro atoms. The Balaban J connectivity index is 2.23. The minimum absolute atomic E-state index is 0.0111. The summed E-state index contributed by atoms with van der Waals surface area (Å²) >= 11 is 0. The molecule has 0 aromatic carbocycles.